The Hall–Kier alpha value is -1.51. The average molecular weight is 235 g/mol. The molecule has 1 amide bonds. The third kappa shape index (κ3) is 3.77. The van der Waals surface area contributed by atoms with Crippen molar-refractivity contribution in [3.05, 3.63) is 29.3 Å². The van der Waals surface area contributed by atoms with E-state index in [4.69, 9.17) is 10.5 Å². The monoisotopic (exact) mass is 235 g/mol. The Labute approximate surface area is 103 Å². The van der Waals surface area contributed by atoms with Crippen LogP contribution in [0, 0.1) is 12.8 Å². The summed E-state index contributed by atoms with van der Waals surface area (Å²) in [4.78, 5) is 10.9. The Morgan fingerprint density at radius 3 is 2.53 bits per heavy atom. The fourth-order valence-electron chi connectivity index (χ4n) is 1.43. The highest BCUT2D eigenvalue weighted by Gasteiger charge is 2.11. The van der Waals surface area contributed by atoms with Crippen LogP contribution in [0.1, 0.15) is 37.8 Å². The lowest BCUT2D eigenvalue weighted by Gasteiger charge is -2.14. The van der Waals surface area contributed by atoms with Crippen molar-refractivity contribution >= 4 is 5.91 Å². The quantitative estimate of drug-likeness (QED) is 0.853. The van der Waals surface area contributed by atoms with Gasteiger partial charge in [0, 0.05) is 0 Å². The lowest BCUT2D eigenvalue weighted by Crippen LogP contribution is -2.25. The normalized spacial score (nSPS) is 12.5. The minimum absolute atomic E-state index is 0.267. The van der Waals surface area contributed by atoms with Crippen LogP contribution in [0.2, 0.25) is 0 Å². The van der Waals surface area contributed by atoms with Gasteiger partial charge >= 0.3 is 0 Å². The molecule has 0 radical (unpaired) electrons. The molecule has 0 aliphatic rings. The number of hydrogen-bond donors (Lipinski definition) is 1. The van der Waals surface area contributed by atoms with Gasteiger partial charge in [-0.15, -0.1) is 0 Å². The third-order valence-corrected chi connectivity index (χ3v) is 2.85. The topological polar surface area (TPSA) is 52.3 Å². The summed E-state index contributed by atoms with van der Waals surface area (Å²) in [6.45, 7) is 8.37. The standard InChI is InChI=1S/C14H21NO2/c1-9(2)12-6-5-10(3)13(7-12)17-8-11(4)14(15)16/h5-7,9,11H,8H2,1-4H3,(H2,15,16). The van der Waals surface area contributed by atoms with Gasteiger partial charge in [0.05, 0.1) is 12.5 Å². The van der Waals surface area contributed by atoms with Gasteiger partial charge < -0.3 is 10.5 Å². The number of aryl methyl sites for hydroxylation is 1. The predicted molar refractivity (Wildman–Crippen MR) is 69.1 cm³/mol. The van der Waals surface area contributed by atoms with E-state index < -0.39 is 0 Å². The number of nitrogens with two attached hydrogens (primary N) is 1. The fourth-order valence-corrected chi connectivity index (χ4v) is 1.43. The second-order valence-electron chi connectivity index (χ2n) is 4.79. The average Bonchev–Trinajstić information content (AvgIpc) is 2.26. The van der Waals surface area contributed by atoms with Crippen molar-refractivity contribution in [3.63, 3.8) is 0 Å². The van der Waals surface area contributed by atoms with Gasteiger partial charge in [0.1, 0.15) is 5.75 Å². The van der Waals surface area contributed by atoms with E-state index in [1.54, 1.807) is 6.92 Å². The molecule has 0 aliphatic carbocycles. The second kappa shape index (κ2) is 5.71. The number of primary amides is 1. The lowest BCUT2D eigenvalue weighted by atomic mass is 10.0. The molecule has 17 heavy (non-hydrogen) atoms. The van der Waals surface area contributed by atoms with Crippen molar-refractivity contribution in [2.75, 3.05) is 6.61 Å². The highest BCUT2D eigenvalue weighted by atomic mass is 16.5. The first-order valence-corrected chi connectivity index (χ1v) is 5.94. The van der Waals surface area contributed by atoms with E-state index in [2.05, 4.69) is 19.9 Å². The van der Waals surface area contributed by atoms with Gasteiger partial charge in [0.2, 0.25) is 5.91 Å². The van der Waals surface area contributed by atoms with E-state index in [9.17, 15) is 4.79 Å². The highest BCUT2D eigenvalue weighted by Crippen LogP contribution is 2.24. The maximum Gasteiger partial charge on any atom is 0.223 e. The van der Waals surface area contributed by atoms with Gasteiger partial charge in [-0.25, -0.2) is 0 Å². The van der Waals surface area contributed by atoms with Crippen molar-refractivity contribution < 1.29 is 9.53 Å². The first-order chi connectivity index (χ1) is 7.91. The zero-order chi connectivity index (χ0) is 13.0. The molecule has 0 spiro atoms. The number of rotatable bonds is 5. The molecule has 1 atom stereocenters. The van der Waals surface area contributed by atoms with Crippen LogP contribution < -0.4 is 10.5 Å². The summed E-state index contributed by atoms with van der Waals surface area (Å²) < 4.78 is 5.65. The van der Waals surface area contributed by atoms with Gasteiger partial charge in [-0.1, -0.05) is 32.9 Å². The number of hydrogen-bond acceptors (Lipinski definition) is 2. The highest BCUT2D eigenvalue weighted by molar-refractivity contribution is 5.76. The van der Waals surface area contributed by atoms with E-state index in [0.717, 1.165) is 11.3 Å². The van der Waals surface area contributed by atoms with Crippen molar-refractivity contribution in [1.82, 2.24) is 0 Å². The third-order valence-electron chi connectivity index (χ3n) is 2.85. The Morgan fingerprint density at radius 2 is 2.00 bits per heavy atom. The van der Waals surface area contributed by atoms with Crippen molar-refractivity contribution in [2.24, 2.45) is 11.7 Å². The van der Waals surface area contributed by atoms with Crippen LogP contribution in [0.5, 0.6) is 5.75 Å². The van der Waals surface area contributed by atoms with Crippen molar-refractivity contribution in [1.29, 1.82) is 0 Å². The molecule has 0 saturated carbocycles. The first kappa shape index (κ1) is 13.6. The molecule has 1 unspecified atom stereocenters. The predicted octanol–water partition coefficient (Wildman–Crippen LogP) is 2.62. The zero-order valence-corrected chi connectivity index (χ0v) is 11.0. The molecular formula is C14H21NO2. The molecule has 0 aromatic heterocycles. The van der Waals surface area contributed by atoms with Crippen LogP contribution in [-0.2, 0) is 4.79 Å². The molecule has 1 aromatic carbocycles. The van der Waals surface area contributed by atoms with Crippen LogP contribution in [0.4, 0.5) is 0 Å². The first-order valence-electron chi connectivity index (χ1n) is 5.94. The summed E-state index contributed by atoms with van der Waals surface area (Å²) in [7, 11) is 0. The molecule has 3 heteroatoms. The van der Waals surface area contributed by atoms with Gasteiger partial charge in [0.15, 0.2) is 0 Å². The van der Waals surface area contributed by atoms with Crippen molar-refractivity contribution in [3.8, 4) is 5.75 Å². The van der Waals surface area contributed by atoms with E-state index in [1.807, 2.05) is 19.1 Å². The molecular weight excluding hydrogens is 214 g/mol. The summed E-state index contributed by atoms with van der Waals surface area (Å²) in [6, 6.07) is 6.18. The molecule has 2 N–H and O–H groups in total. The number of amides is 1. The van der Waals surface area contributed by atoms with E-state index in [1.165, 1.54) is 5.56 Å². The second-order valence-corrected chi connectivity index (χ2v) is 4.79. The molecule has 1 rings (SSSR count). The minimum atomic E-state index is -0.331. The van der Waals surface area contributed by atoms with Crippen LogP contribution in [0.25, 0.3) is 0 Å². The number of ether oxygens (including phenoxy) is 1. The van der Waals surface area contributed by atoms with Gasteiger partial charge in [-0.3, -0.25) is 4.79 Å². The number of benzene rings is 1. The fraction of sp³-hybridized carbons (Fsp3) is 0.500. The van der Waals surface area contributed by atoms with Crippen LogP contribution >= 0.6 is 0 Å². The minimum Gasteiger partial charge on any atom is -0.492 e. The maximum absolute atomic E-state index is 10.9. The summed E-state index contributed by atoms with van der Waals surface area (Å²) in [5.74, 6) is 0.704. The summed E-state index contributed by atoms with van der Waals surface area (Å²) in [5, 5.41) is 0. The molecule has 0 heterocycles. The number of carbonyl (C=O) groups excluding carboxylic acids is 1. The Morgan fingerprint density at radius 1 is 1.35 bits per heavy atom. The molecule has 3 nitrogen and oxygen atoms in total. The van der Waals surface area contributed by atoms with Gasteiger partial charge in [-0.05, 0) is 30.0 Å². The molecule has 0 bridgehead atoms. The van der Waals surface area contributed by atoms with Crippen LogP contribution in [0.3, 0.4) is 0 Å². The Kier molecular flexibility index (Phi) is 4.55. The lowest BCUT2D eigenvalue weighted by molar-refractivity contribution is -0.122. The van der Waals surface area contributed by atoms with Crippen molar-refractivity contribution in [2.45, 2.75) is 33.6 Å². The molecule has 94 valence electrons. The summed E-state index contributed by atoms with van der Waals surface area (Å²) in [5.41, 5.74) is 7.51. The van der Waals surface area contributed by atoms with Crippen LogP contribution in [-0.4, -0.2) is 12.5 Å². The Bertz CT molecular complexity index is 399. The number of carbonyl (C=O) groups is 1. The SMILES string of the molecule is Cc1ccc(C(C)C)cc1OCC(C)C(N)=O. The molecule has 0 aliphatic heterocycles. The summed E-state index contributed by atoms with van der Waals surface area (Å²) >= 11 is 0. The van der Waals surface area contributed by atoms with E-state index >= 15 is 0 Å². The largest absolute Gasteiger partial charge is 0.492 e. The van der Waals surface area contributed by atoms with E-state index in [-0.39, 0.29) is 11.8 Å². The van der Waals surface area contributed by atoms with E-state index in [0.29, 0.717) is 12.5 Å². The molecule has 0 fully saturated rings. The summed E-state index contributed by atoms with van der Waals surface area (Å²) in [6.07, 6.45) is 0. The van der Waals surface area contributed by atoms with Crippen LogP contribution in [0.15, 0.2) is 18.2 Å². The Balaban J connectivity index is 2.76. The van der Waals surface area contributed by atoms with Gasteiger partial charge in [-0.2, -0.15) is 0 Å². The zero-order valence-electron chi connectivity index (χ0n) is 11.0. The van der Waals surface area contributed by atoms with Gasteiger partial charge in [0.25, 0.3) is 0 Å². The maximum atomic E-state index is 10.9. The smallest absolute Gasteiger partial charge is 0.223 e. The molecule has 0 saturated heterocycles. The molecule has 1 aromatic rings.